The van der Waals surface area contributed by atoms with Gasteiger partial charge in [0.2, 0.25) is 5.75 Å². The fourth-order valence-electron chi connectivity index (χ4n) is 3.08. The fraction of sp³-hybridized carbons (Fsp3) is 0.250. The van der Waals surface area contributed by atoms with Crippen LogP contribution >= 0.6 is 0 Å². The van der Waals surface area contributed by atoms with E-state index < -0.39 is 0 Å². The number of ether oxygens (including phenoxy) is 3. The second-order valence-electron chi connectivity index (χ2n) is 5.58. The van der Waals surface area contributed by atoms with Gasteiger partial charge in [-0.2, -0.15) is 0 Å². The standard InChI is InChI=1S/C20H20O4/c1-22-17-11-10-15(19(23-2)20(17)24-3)12-14-9-8-13-6-4-5-7-16(13)18(14)21/h4-7,10-12H,8-9H2,1-3H3/b14-12+. The summed E-state index contributed by atoms with van der Waals surface area (Å²) < 4.78 is 16.2. The molecule has 2 aromatic carbocycles. The van der Waals surface area contributed by atoms with Gasteiger partial charge >= 0.3 is 0 Å². The van der Waals surface area contributed by atoms with Crippen LogP contribution in [0.4, 0.5) is 0 Å². The van der Waals surface area contributed by atoms with Gasteiger partial charge in [-0.15, -0.1) is 0 Å². The monoisotopic (exact) mass is 324 g/mol. The molecule has 0 saturated carbocycles. The van der Waals surface area contributed by atoms with E-state index in [1.165, 1.54) is 0 Å². The molecule has 0 heterocycles. The van der Waals surface area contributed by atoms with E-state index in [0.29, 0.717) is 23.7 Å². The van der Waals surface area contributed by atoms with Gasteiger partial charge in [0.1, 0.15) is 0 Å². The number of fused-ring (bicyclic) bond motifs is 1. The van der Waals surface area contributed by atoms with Crippen LogP contribution < -0.4 is 14.2 Å². The van der Waals surface area contributed by atoms with Crippen molar-refractivity contribution in [3.8, 4) is 17.2 Å². The van der Waals surface area contributed by atoms with Crippen molar-refractivity contribution in [1.82, 2.24) is 0 Å². The molecule has 0 unspecified atom stereocenters. The largest absolute Gasteiger partial charge is 0.493 e. The third kappa shape index (κ3) is 2.75. The van der Waals surface area contributed by atoms with E-state index >= 15 is 0 Å². The Kier molecular flexibility index (Phi) is 4.56. The Morgan fingerprint density at radius 1 is 0.875 bits per heavy atom. The number of hydrogen-bond acceptors (Lipinski definition) is 4. The van der Waals surface area contributed by atoms with Crippen LogP contribution in [0.2, 0.25) is 0 Å². The SMILES string of the molecule is COc1ccc(/C=C2\CCc3ccccc3C2=O)c(OC)c1OC. The van der Waals surface area contributed by atoms with E-state index in [9.17, 15) is 4.79 Å². The summed E-state index contributed by atoms with van der Waals surface area (Å²) in [6, 6.07) is 11.5. The van der Waals surface area contributed by atoms with Crippen LogP contribution in [0.5, 0.6) is 17.2 Å². The maximum atomic E-state index is 12.7. The number of Topliss-reactive ketones (excluding diaryl/α,β-unsaturated/α-hetero) is 1. The summed E-state index contributed by atoms with van der Waals surface area (Å²) >= 11 is 0. The lowest BCUT2D eigenvalue weighted by Crippen LogP contribution is -2.13. The molecule has 0 amide bonds. The predicted molar refractivity (Wildman–Crippen MR) is 93.2 cm³/mol. The van der Waals surface area contributed by atoms with Crippen molar-refractivity contribution in [1.29, 1.82) is 0 Å². The molecule has 0 saturated heterocycles. The van der Waals surface area contributed by atoms with Crippen LogP contribution in [-0.4, -0.2) is 27.1 Å². The average Bonchev–Trinajstić information content (AvgIpc) is 2.63. The Morgan fingerprint density at radius 3 is 2.33 bits per heavy atom. The van der Waals surface area contributed by atoms with Crippen molar-refractivity contribution in [2.75, 3.05) is 21.3 Å². The third-order valence-corrected chi connectivity index (χ3v) is 4.28. The highest BCUT2D eigenvalue weighted by molar-refractivity contribution is 6.13. The van der Waals surface area contributed by atoms with E-state index in [-0.39, 0.29) is 5.78 Å². The Labute approximate surface area is 141 Å². The second-order valence-corrected chi connectivity index (χ2v) is 5.58. The lowest BCUT2D eigenvalue weighted by Gasteiger charge is -2.18. The minimum Gasteiger partial charge on any atom is -0.493 e. The van der Waals surface area contributed by atoms with E-state index in [1.807, 2.05) is 42.5 Å². The highest BCUT2D eigenvalue weighted by Crippen LogP contribution is 2.41. The Bertz CT molecular complexity index is 805. The number of allylic oxidation sites excluding steroid dienone is 1. The molecular formula is C20H20O4. The molecule has 0 fully saturated rings. The molecule has 24 heavy (non-hydrogen) atoms. The minimum atomic E-state index is 0.0775. The normalized spacial score (nSPS) is 15.1. The zero-order chi connectivity index (χ0) is 17.1. The first-order valence-electron chi connectivity index (χ1n) is 7.81. The first kappa shape index (κ1) is 16.1. The van der Waals surface area contributed by atoms with Gasteiger partial charge < -0.3 is 14.2 Å². The number of carbonyl (C=O) groups is 1. The molecule has 0 aromatic heterocycles. The number of benzene rings is 2. The summed E-state index contributed by atoms with van der Waals surface area (Å²) in [5.74, 6) is 1.76. The molecule has 1 aliphatic rings. The highest BCUT2D eigenvalue weighted by Gasteiger charge is 2.22. The molecule has 1 aliphatic carbocycles. The van der Waals surface area contributed by atoms with Gasteiger partial charge in [0.05, 0.1) is 21.3 Å². The number of methoxy groups -OCH3 is 3. The van der Waals surface area contributed by atoms with Gasteiger partial charge in [-0.25, -0.2) is 0 Å². The Morgan fingerprint density at radius 2 is 1.62 bits per heavy atom. The van der Waals surface area contributed by atoms with Crippen LogP contribution in [0.15, 0.2) is 42.0 Å². The average molecular weight is 324 g/mol. The van der Waals surface area contributed by atoms with Gasteiger partial charge in [-0.3, -0.25) is 4.79 Å². The first-order chi connectivity index (χ1) is 11.7. The summed E-state index contributed by atoms with van der Waals surface area (Å²) in [5, 5.41) is 0. The lowest BCUT2D eigenvalue weighted by atomic mass is 9.86. The molecule has 0 bridgehead atoms. The van der Waals surface area contributed by atoms with E-state index in [2.05, 4.69) is 0 Å². The van der Waals surface area contributed by atoms with Gasteiger partial charge in [-0.1, -0.05) is 24.3 Å². The molecule has 0 atom stereocenters. The molecule has 4 heteroatoms. The Hall–Kier alpha value is -2.75. The number of carbonyl (C=O) groups excluding carboxylic acids is 1. The molecule has 0 N–H and O–H groups in total. The van der Waals surface area contributed by atoms with E-state index in [0.717, 1.165) is 28.7 Å². The highest BCUT2D eigenvalue weighted by atomic mass is 16.5. The summed E-state index contributed by atoms with van der Waals surface area (Å²) in [6.07, 6.45) is 3.47. The van der Waals surface area contributed by atoms with Crippen molar-refractivity contribution in [2.24, 2.45) is 0 Å². The Balaban J connectivity index is 2.05. The molecule has 0 aliphatic heterocycles. The molecule has 0 spiro atoms. The zero-order valence-corrected chi connectivity index (χ0v) is 14.1. The van der Waals surface area contributed by atoms with Crippen LogP contribution in [0.1, 0.15) is 27.9 Å². The van der Waals surface area contributed by atoms with E-state index in [1.54, 1.807) is 21.3 Å². The second kappa shape index (κ2) is 6.79. The van der Waals surface area contributed by atoms with Gasteiger partial charge in [-0.05, 0) is 36.6 Å². The summed E-state index contributed by atoms with van der Waals surface area (Å²) in [5.41, 5.74) is 3.48. The number of rotatable bonds is 4. The van der Waals surface area contributed by atoms with Crippen LogP contribution in [0, 0.1) is 0 Å². The topological polar surface area (TPSA) is 44.8 Å². The molecule has 0 radical (unpaired) electrons. The van der Waals surface area contributed by atoms with Crippen LogP contribution in [0.25, 0.3) is 6.08 Å². The third-order valence-electron chi connectivity index (χ3n) is 4.28. The first-order valence-corrected chi connectivity index (χ1v) is 7.81. The number of ketones is 1. The van der Waals surface area contributed by atoms with Crippen LogP contribution in [0.3, 0.4) is 0 Å². The number of hydrogen-bond donors (Lipinski definition) is 0. The maximum absolute atomic E-state index is 12.7. The smallest absolute Gasteiger partial charge is 0.203 e. The van der Waals surface area contributed by atoms with Crippen LogP contribution in [-0.2, 0) is 6.42 Å². The summed E-state index contributed by atoms with van der Waals surface area (Å²) in [6.45, 7) is 0. The molecule has 4 nitrogen and oxygen atoms in total. The maximum Gasteiger partial charge on any atom is 0.203 e. The van der Waals surface area contributed by atoms with Gasteiger partial charge in [0.15, 0.2) is 17.3 Å². The minimum absolute atomic E-state index is 0.0775. The summed E-state index contributed by atoms with van der Waals surface area (Å²) in [7, 11) is 4.73. The van der Waals surface area contributed by atoms with Gasteiger partial charge in [0, 0.05) is 16.7 Å². The number of aryl methyl sites for hydroxylation is 1. The molecular weight excluding hydrogens is 304 g/mol. The molecule has 2 aromatic rings. The lowest BCUT2D eigenvalue weighted by molar-refractivity contribution is 0.102. The van der Waals surface area contributed by atoms with Gasteiger partial charge in [0.25, 0.3) is 0 Å². The fourth-order valence-corrected chi connectivity index (χ4v) is 3.08. The van der Waals surface area contributed by atoms with Crippen molar-refractivity contribution < 1.29 is 19.0 Å². The van der Waals surface area contributed by atoms with Crippen molar-refractivity contribution in [2.45, 2.75) is 12.8 Å². The van der Waals surface area contributed by atoms with Crippen molar-refractivity contribution in [3.63, 3.8) is 0 Å². The van der Waals surface area contributed by atoms with E-state index in [4.69, 9.17) is 14.2 Å². The van der Waals surface area contributed by atoms with Crippen molar-refractivity contribution in [3.05, 3.63) is 58.7 Å². The molecule has 124 valence electrons. The predicted octanol–water partition coefficient (Wildman–Crippen LogP) is 3.92. The molecule has 3 rings (SSSR count). The van der Waals surface area contributed by atoms with Crippen molar-refractivity contribution >= 4 is 11.9 Å². The zero-order valence-electron chi connectivity index (χ0n) is 14.1. The summed E-state index contributed by atoms with van der Waals surface area (Å²) in [4.78, 5) is 12.7. The quantitative estimate of drug-likeness (QED) is 0.800.